The summed E-state index contributed by atoms with van der Waals surface area (Å²) >= 11 is 1.22. The van der Waals surface area contributed by atoms with Crippen LogP contribution in [0.2, 0.25) is 0 Å². The summed E-state index contributed by atoms with van der Waals surface area (Å²) in [4.78, 5) is 29.6. The van der Waals surface area contributed by atoms with E-state index in [1.165, 1.54) is 52.1 Å². The van der Waals surface area contributed by atoms with Gasteiger partial charge in [0, 0.05) is 12.4 Å². The summed E-state index contributed by atoms with van der Waals surface area (Å²) < 4.78 is 28.5. The molecule has 2 heterocycles. The molecule has 0 fully saturated rings. The average molecular weight is 404 g/mol. The molecule has 0 bridgehead atoms. The lowest BCUT2D eigenvalue weighted by molar-refractivity contribution is -0.134. The van der Waals surface area contributed by atoms with Crippen molar-refractivity contribution in [1.82, 2.24) is 9.88 Å². The van der Waals surface area contributed by atoms with Gasteiger partial charge in [-0.1, -0.05) is 0 Å². The molecule has 0 N–H and O–H groups in total. The number of hydrogen-bond donors (Lipinski definition) is 0. The molecule has 146 valence electrons. The van der Waals surface area contributed by atoms with Crippen molar-refractivity contribution >= 4 is 23.2 Å². The van der Waals surface area contributed by atoms with Gasteiger partial charge in [0.1, 0.15) is 28.9 Å². The molecule has 0 atom stereocenters. The maximum atomic E-state index is 12.9. The molecule has 0 aliphatic carbocycles. The number of nitrogens with zero attached hydrogens (tertiary/aromatic N) is 2. The number of furan rings is 1. The van der Waals surface area contributed by atoms with E-state index in [4.69, 9.17) is 13.9 Å². The van der Waals surface area contributed by atoms with E-state index in [2.05, 4.69) is 4.98 Å². The third-order valence-electron chi connectivity index (χ3n) is 3.66. The van der Waals surface area contributed by atoms with E-state index in [0.29, 0.717) is 16.5 Å². The molecular formula is C19H17FN2O5S. The third-order valence-corrected chi connectivity index (χ3v) is 4.48. The molecular weight excluding hydrogens is 387 g/mol. The lowest BCUT2D eigenvalue weighted by Gasteiger charge is -2.15. The van der Waals surface area contributed by atoms with Crippen LogP contribution >= 0.6 is 11.3 Å². The number of carbonyl (C=O) groups excluding carboxylic acids is 2. The van der Waals surface area contributed by atoms with Gasteiger partial charge in [0.25, 0.3) is 5.91 Å². The molecule has 0 unspecified atom stereocenters. The Morgan fingerprint density at radius 3 is 2.75 bits per heavy atom. The van der Waals surface area contributed by atoms with Crippen molar-refractivity contribution in [3.8, 4) is 5.75 Å². The van der Waals surface area contributed by atoms with Gasteiger partial charge >= 0.3 is 5.97 Å². The van der Waals surface area contributed by atoms with Crippen molar-refractivity contribution in [3.63, 3.8) is 0 Å². The van der Waals surface area contributed by atoms with Crippen LogP contribution in [-0.2, 0) is 22.7 Å². The lowest BCUT2D eigenvalue weighted by Crippen LogP contribution is -2.30. The Balaban J connectivity index is 1.45. The Morgan fingerprint density at radius 1 is 1.25 bits per heavy atom. The normalized spacial score (nSPS) is 10.5. The number of likely N-dealkylation sites (N-methyl/N-ethyl adjacent to an activating group) is 1. The molecule has 1 aromatic carbocycles. The number of halogens is 1. The summed E-state index contributed by atoms with van der Waals surface area (Å²) in [5, 5.41) is 2.08. The Morgan fingerprint density at radius 2 is 2.04 bits per heavy atom. The SMILES string of the molecule is CN(Cc1ccco1)C(=O)COC(=O)c1csc(COc2ccc(F)cc2)n1. The topological polar surface area (TPSA) is 81.9 Å². The van der Waals surface area contributed by atoms with E-state index < -0.39 is 12.6 Å². The maximum Gasteiger partial charge on any atom is 0.358 e. The van der Waals surface area contributed by atoms with Crippen molar-refractivity contribution in [1.29, 1.82) is 0 Å². The molecule has 3 rings (SSSR count). The molecule has 0 saturated carbocycles. The Kier molecular flexibility index (Phi) is 6.38. The number of amides is 1. The first-order valence-electron chi connectivity index (χ1n) is 8.27. The summed E-state index contributed by atoms with van der Waals surface area (Å²) in [6, 6.07) is 9.07. The highest BCUT2D eigenvalue weighted by Gasteiger charge is 2.17. The number of esters is 1. The average Bonchev–Trinajstić information content (AvgIpc) is 3.37. The second kappa shape index (κ2) is 9.14. The van der Waals surface area contributed by atoms with Crippen LogP contribution in [0.5, 0.6) is 5.75 Å². The van der Waals surface area contributed by atoms with Gasteiger partial charge in [-0.2, -0.15) is 0 Å². The zero-order valence-electron chi connectivity index (χ0n) is 15.0. The number of benzene rings is 1. The molecule has 0 aliphatic heterocycles. The van der Waals surface area contributed by atoms with Gasteiger partial charge in [-0.3, -0.25) is 4.79 Å². The van der Waals surface area contributed by atoms with E-state index in [1.807, 2.05) is 0 Å². The molecule has 3 aromatic rings. The third kappa shape index (κ3) is 5.40. The van der Waals surface area contributed by atoms with E-state index >= 15 is 0 Å². The van der Waals surface area contributed by atoms with E-state index in [0.717, 1.165) is 0 Å². The second-order valence-electron chi connectivity index (χ2n) is 5.77. The number of ether oxygens (including phenoxy) is 2. The van der Waals surface area contributed by atoms with Crippen molar-refractivity contribution < 1.29 is 27.9 Å². The minimum atomic E-state index is -0.691. The van der Waals surface area contributed by atoms with Crippen LogP contribution in [0.25, 0.3) is 0 Å². The number of thiazole rings is 1. The number of aromatic nitrogens is 1. The largest absolute Gasteiger partial charge is 0.486 e. The Hall–Kier alpha value is -3.20. The number of hydrogen-bond acceptors (Lipinski definition) is 7. The summed E-state index contributed by atoms with van der Waals surface area (Å²) in [6.07, 6.45) is 1.52. The fourth-order valence-corrected chi connectivity index (χ4v) is 2.86. The van der Waals surface area contributed by atoms with Crippen molar-refractivity contribution in [2.75, 3.05) is 13.7 Å². The number of carbonyl (C=O) groups is 2. The van der Waals surface area contributed by atoms with Crippen molar-refractivity contribution in [2.45, 2.75) is 13.2 Å². The highest BCUT2D eigenvalue weighted by molar-refractivity contribution is 7.09. The van der Waals surface area contributed by atoms with Crippen LogP contribution in [0.15, 0.2) is 52.5 Å². The van der Waals surface area contributed by atoms with Gasteiger partial charge in [0.05, 0.1) is 12.8 Å². The molecule has 7 nitrogen and oxygen atoms in total. The minimum Gasteiger partial charge on any atom is -0.486 e. The Bertz CT molecular complexity index is 924. The van der Waals surface area contributed by atoms with Crippen LogP contribution in [0.3, 0.4) is 0 Å². The lowest BCUT2D eigenvalue weighted by atomic mass is 10.3. The predicted octanol–water partition coefficient (Wildman–Crippen LogP) is 3.27. The molecule has 2 aromatic heterocycles. The molecule has 1 amide bonds. The smallest absolute Gasteiger partial charge is 0.358 e. The van der Waals surface area contributed by atoms with E-state index in [9.17, 15) is 14.0 Å². The number of rotatable bonds is 8. The molecule has 0 saturated heterocycles. The van der Waals surface area contributed by atoms with E-state index in [-0.39, 0.29) is 30.6 Å². The minimum absolute atomic E-state index is 0.101. The maximum absolute atomic E-state index is 12.9. The Labute approximate surface area is 164 Å². The summed E-state index contributed by atoms with van der Waals surface area (Å²) in [5.41, 5.74) is 0.101. The standard InChI is InChI=1S/C19H17FN2O5S/c1-22(9-15-3-2-8-25-15)18(23)11-27-19(24)16-12-28-17(21-16)10-26-14-6-4-13(20)5-7-14/h2-8,12H,9-11H2,1H3. The van der Waals surface area contributed by atoms with Gasteiger partial charge < -0.3 is 18.8 Å². The second-order valence-corrected chi connectivity index (χ2v) is 6.72. The molecule has 0 radical (unpaired) electrons. The van der Waals surface area contributed by atoms with Gasteiger partial charge in [-0.25, -0.2) is 14.2 Å². The predicted molar refractivity (Wildman–Crippen MR) is 98.3 cm³/mol. The van der Waals surface area contributed by atoms with E-state index in [1.54, 1.807) is 19.2 Å². The van der Waals surface area contributed by atoms with Crippen molar-refractivity contribution in [3.05, 3.63) is 70.3 Å². The highest BCUT2D eigenvalue weighted by Crippen LogP contribution is 2.16. The summed E-state index contributed by atoms with van der Waals surface area (Å²) in [7, 11) is 1.59. The van der Waals surface area contributed by atoms with Crippen LogP contribution < -0.4 is 4.74 Å². The van der Waals surface area contributed by atoms with Gasteiger partial charge in [-0.05, 0) is 36.4 Å². The zero-order valence-corrected chi connectivity index (χ0v) is 15.8. The molecule has 9 heteroatoms. The fourth-order valence-electron chi connectivity index (χ4n) is 2.18. The first-order valence-corrected chi connectivity index (χ1v) is 9.15. The van der Waals surface area contributed by atoms with Crippen LogP contribution in [0, 0.1) is 5.82 Å². The first-order chi connectivity index (χ1) is 13.5. The summed E-state index contributed by atoms with van der Waals surface area (Å²) in [5.74, 6) is -0.279. The van der Waals surface area contributed by atoms with Gasteiger partial charge in [-0.15, -0.1) is 11.3 Å². The zero-order chi connectivity index (χ0) is 19.9. The quantitative estimate of drug-likeness (QED) is 0.536. The van der Waals surface area contributed by atoms with Crippen LogP contribution in [0.1, 0.15) is 21.3 Å². The van der Waals surface area contributed by atoms with Crippen LogP contribution in [-0.4, -0.2) is 35.4 Å². The summed E-state index contributed by atoms with van der Waals surface area (Å²) in [6.45, 7) is 0.0222. The molecule has 0 spiro atoms. The molecule has 28 heavy (non-hydrogen) atoms. The molecule has 0 aliphatic rings. The van der Waals surface area contributed by atoms with Gasteiger partial charge in [0.2, 0.25) is 0 Å². The highest BCUT2D eigenvalue weighted by atomic mass is 32.1. The van der Waals surface area contributed by atoms with Crippen molar-refractivity contribution in [2.24, 2.45) is 0 Å². The monoisotopic (exact) mass is 404 g/mol. The fraction of sp³-hybridized carbons (Fsp3) is 0.211. The van der Waals surface area contributed by atoms with Crippen LogP contribution in [0.4, 0.5) is 4.39 Å². The first kappa shape index (κ1) is 19.6. The van der Waals surface area contributed by atoms with Gasteiger partial charge in [0.15, 0.2) is 12.3 Å².